The van der Waals surface area contributed by atoms with Gasteiger partial charge in [0.25, 0.3) is 0 Å². The van der Waals surface area contributed by atoms with E-state index >= 15 is 0 Å². The molecule has 146 valence electrons. The van der Waals surface area contributed by atoms with Gasteiger partial charge in [0.1, 0.15) is 0 Å². The van der Waals surface area contributed by atoms with Gasteiger partial charge in [-0.05, 0) is 0 Å². The zero-order valence-corrected chi connectivity index (χ0v) is 18.7. The van der Waals surface area contributed by atoms with Gasteiger partial charge in [-0.1, -0.05) is 0 Å². The van der Waals surface area contributed by atoms with Crippen LogP contribution in [0.1, 0.15) is 25.5 Å². The van der Waals surface area contributed by atoms with Crippen molar-refractivity contribution in [2.24, 2.45) is 0 Å². The van der Waals surface area contributed by atoms with Crippen LogP contribution in [0.4, 0.5) is 0 Å². The molecule has 0 atom stereocenters. The van der Waals surface area contributed by atoms with E-state index in [1.165, 1.54) is 20.5 Å². The molecule has 3 aromatic rings. The Kier molecular flexibility index (Phi) is 5.64. The molecule has 1 aliphatic rings. The number of allylic oxidation sites excluding steroid dienone is 2. The van der Waals surface area contributed by atoms with Gasteiger partial charge >= 0.3 is 173 Å². The molecule has 2 aromatic carbocycles. The van der Waals surface area contributed by atoms with Crippen LogP contribution in [0.2, 0.25) is 0 Å². The minimum absolute atomic E-state index is 0.396. The van der Waals surface area contributed by atoms with Crippen LogP contribution in [-0.4, -0.2) is 19.2 Å². The van der Waals surface area contributed by atoms with Gasteiger partial charge in [-0.25, -0.2) is 0 Å². The Morgan fingerprint density at radius 3 is 2.33 bits per heavy atom. The SMILES string of the molecule is CC(C)n1[c](=[Pd-2]([Br])[N]2C=CC=CC2)n(Cc2ccccc2)c2ccccc21. The molecule has 0 amide bonds. The first-order chi connectivity index (χ1) is 13.2. The van der Waals surface area contributed by atoms with Crippen LogP contribution in [0.25, 0.3) is 11.0 Å². The number of benzene rings is 2. The number of rotatable bonds is 4. The summed E-state index contributed by atoms with van der Waals surface area (Å²) in [5, 5.41) is 0. The summed E-state index contributed by atoms with van der Waals surface area (Å²) >= 11 is 2.83. The van der Waals surface area contributed by atoms with Crippen molar-refractivity contribution in [2.75, 3.05) is 6.54 Å². The number of aromatic nitrogens is 2. The second-order valence-corrected chi connectivity index (χ2v) is 12.1. The zero-order chi connectivity index (χ0) is 18.8. The second-order valence-electron chi connectivity index (χ2n) is 6.77. The first-order valence-electron chi connectivity index (χ1n) is 9.12. The zero-order valence-electron chi connectivity index (χ0n) is 15.5. The average Bonchev–Trinajstić information content (AvgIpc) is 3.03. The van der Waals surface area contributed by atoms with E-state index < -0.39 is 14.5 Å². The third-order valence-corrected chi connectivity index (χ3v) is 10.3. The second kappa shape index (κ2) is 8.14. The topological polar surface area (TPSA) is 13.1 Å². The molecule has 27 heavy (non-hydrogen) atoms. The number of hydrogen-bond donors (Lipinski definition) is 0. The first-order valence-corrected chi connectivity index (χ1v) is 14.1. The Labute approximate surface area is 172 Å². The van der Waals surface area contributed by atoms with Crippen molar-refractivity contribution in [1.82, 2.24) is 12.7 Å². The van der Waals surface area contributed by atoms with Crippen LogP contribution in [-0.2, 0) is 21.1 Å². The van der Waals surface area contributed by atoms with E-state index in [0.29, 0.717) is 6.04 Å². The van der Waals surface area contributed by atoms with Crippen LogP contribution in [0, 0.1) is 3.89 Å². The van der Waals surface area contributed by atoms with Gasteiger partial charge in [-0.15, -0.1) is 0 Å². The van der Waals surface area contributed by atoms with Gasteiger partial charge in [0.05, 0.1) is 0 Å². The monoisotopic (exact) mass is 515 g/mol. The fourth-order valence-electron chi connectivity index (χ4n) is 3.34. The quantitative estimate of drug-likeness (QED) is 0.398. The molecular formula is C22H24BrN3Pd-2. The number of fused-ring (bicyclic) bond motifs is 1. The summed E-state index contributed by atoms with van der Waals surface area (Å²) in [5.74, 6) is 0. The molecule has 0 radical (unpaired) electrons. The Morgan fingerprint density at radius 1 is 0.963 bits per heavy atom. The van der Waals surface area contributed by atoms with E-state index in [1.807, 2.05) is 0 Å². The van der Waals surface area contributed by atoms with Gasteiger partial charge in [-0.2, -0.15) is 0 Å². The first kappa shape index (κ1) is 18.7. The number of imidazole rings is 1. The molecule has 5 heteroatoms. The standard InChI is InChI=1S/C17H18N2.C5H6N.BrH.Pd/c1-14(2)19-13-18(12-15-8-4-3-5-9-15)16-10-6-7-11-17(16)19;1-2-4-6-5-3-1;;/h3-11,14H,12H2,1-2H3;1-4H,5H2;1H;/q;-1;;/p-1. The van der Waals surface area contributed by atoms with Gasteiger partial charge < -0.3 is 0 Å². The molecule has 0 saturated heterocycles. The maximum absolute atomic E-state index is 4.12. The van der Waals surface area contributed by atoms with Gasteiger partial charge in [-0.3, -0.25) is 0 Å². The molecule has 0 aliphatic carbocycles. The number of hydrogen-bond acceptors (Lipinski definition) is 1. The molecule has 1 aliphatic heterocycles. The van der Waals surface area contributed by atoms with E-state index in [2.05, 4.69) is 119 Å². The molecule has 0 N–H and O–H groups in total. The van der Waals surface area contributed by atoms with Crippen LogP contribution >= 0.6 is 13.4 Å². The Morgan fingerprint density at radius 2 is 1.67 bits per heavy atom. The Balaban J connectivity index is 2.02. The maximum atomic E-state index is 4.12. The number of nitrogens with zero attached hydrogens (tertiary/aromatic N) is 3. The molecule has 2 heterocycles. The minimum atomic E-state index is -1.29. The van der Waals surface area contributed by atoms with Crippen molar-refractivity contribution in [3.63, 3.8) is 0 Å². The summed E-state index contributed by atoms with van der Waals surface area (Å²) in [6.45, 7) is 6.39. The van der Waals surface area contributed by atoms with E-state index in [9.17, 15) is 0 Å². The van der Waals surface area contributed by atoms with Crippen LogP contribution in [0.3, 0.4) is 0 Å². The molecule has 3 nitrogen and oxygen atoms in total. The average molecular weight is 517 g/mol. The number of halogens is 1. The molecular weight excluding hydrogens is 493 g/mol. The predicted molar refractivity (Wildman–Crippen MR) is 113 cm³/mol. The summed E-state index contributed by atoms with van der Waals surface area (Å²) in [5.41, 5.74) is 3.93. The molecule has 0 spiro atoms. The Bertz CT molecular complexity index is 1070. The van der Waals surface area contributed by atoms with Gasteiger partial charge in [0.15, 0.2) is 0 Å². The van der Waals surface area contributed by atoms with E-state index in [0.717, 1.165) is 13.1 Å². The van der Waals surface area contributed by atoms with Crippen molar-refractivity contribution in [2.45, 2.75) is 26.4 Å². The fraction of sp³-hybridized carbons (Fsp3) is 0.227. The van der Waals surface area contributed by atoms with Crippen LogP contribution < -0.4 is 0 Å². The summed E-state index contributed by atoms with van der Waals surface area (Å²) in [4.78, 5) is 0. The molecule has 0 fully saturated rings. The van der Waals surface area contributed by atoms with Gasteiger partial charge in [0.2, 0.25) is 0 Å². The molecule has 0 saturated carbocycles. The van der Waals surface area contributed by atoms with Gasteiger partial charge in [0, 0.05) is 0 Å². The van der Waals surface area contributed by atoms with Crippen molar-refractivity contribution in [1.29, 1.82) is 0 Å². The normalized spacial score (nSPS) is 16.4. The third-order valence-electron chi connectivity index (χ3n) is 4.55. The van der Waals surface area contributed by atoms with Crippen molar-refractivity contribution in [3.8, 4) is 0 Å². The summed E-state index contributed by atoms with van der Waals surface area (Å²) in [6.07, 6.45) is 8.69. The van der Waals surface area contributed by atoms with Crippen LogP contribution in [0.5, 0.6) is 0 Å². The molecule has 1 aromatic heterocycles. The third kappa shape index (κ3) is 3.69. The predicted octanol–water partition coefficient (Wildman–Crippen LogP) is 5.83. The van der Waals surface area contributed by atoms with E-state index in [4.69, 9.17) is 0 Å². The van der Waals surface area contributed by atoms with Crippen molar-refractivity contribution >= 4 is 24.5 Å². The van der Waals surface area contributed by atoms with Crippen LogP contribution in [0.15, 0.2) is 79.0 Å². The summed E-state index contributed by atoms with van der Waals surface area (Å²) < 4.78 is 8.85. The Hall–Kier alpha value is -1.67. The summed E-state index contributed by atoms with van der Waals surface area (Å²) in [7, 11) is 0. The number of para-hydroxylation sites is 2. The van der Waals surface area contributed by atoms with E-state index in [-0.39, 0.29) is 0 Å². The molecule has 0 unspecified atom stereocenters. The van der Waals surface area contributed by atoms with E-state index in [1.54, 1.807) is 0 Å². The van der Waals surface area contributed by atoms with Crippen molar-refractivity contribution < 1.29 is 14.5 Å². The molecule has 0 bridgehead atoms. The fourth-order valence-corrected chi connectivity index (χ4v) is 8.54. The molecule has 4 rings (SSSR count). The van der Waals surface area contributed by atoms with Crippen molar-refractivity contribution in [3.05, 3.63) is 88.5 Å². The summed E-state index contributed by atoms with van der Waals surface area (Å²) in [6, 6.07) is 19.9.